The van der Waals surface area contributed by atoms with Crippen molar-refractivity contribution in [2.45, 2.75) is 58.5 Å². The Morgan fingerprint density at radius 3 is 2.57 bits per heavy atom. The van der Waals surface area contributed by atoms with Gasteiger partial charge in [-0.25, -0.2) is 4.57 Å². The predicted octanol–water partition coefficient (Wildman–Crippen LogP) is 2.48. The summed E-state index contributed by atoms with van der Waals surface area (Å²) in [7, 11) is -1.93. The molecule has 1 rings (SSSR count). The molecule has 0 spiro atoms. The second-order valence-corrected chi connectivity index (χ2v) is 11.6. The van der Waals surface area contributed by atoms with Crippen molar-refractivity contribution in [3.05, 3.63) is 22.0 Å². The summed E-state index contributed by atoms with van der Waals surface area (Å²) < 4.78 is 7.28. The first-order chi connectivity index (χ1) is 9.44. The fraction of sp³-hybridized carbons (Fsp3) is 0.769. The highest BCUT2D eigenvalue weighted by Gasteiger charge is 2.37. The second-order valence-electron chi connectivity index (χ2n) is 6.82. The van der Waals surface area contributed by atoms with Gasteiger partial charge >= 0.3 is 5.95 Å². The third-order valence-corrected chi connectivity index (χ3v) is 8.39. The van der Waals surface area contributed by atoms with E-state index in [4.69, 9.17) is 4.43 Å². The number of hydrogen-bond donors (Lipinski definition) is 1. The molecule has 0 fully saturated rings. The van der Waals surface area contributed by atoms with Crippen LogP contribution in [0.3, 0.4) is 0 Å². The van der Waals surface area contributed by atoms with E-state index in [9.17, 15) is 15.2 Å². The molecule has 0 aliphatic rings. The van der Waals surface area contributed by atoms with Crippen LogP contribution in [0.1, 0.15) is 26.5 Å². The second kappa shape index (κ2) is 6.25. The van der Waals surface area contributed by atoms with Crippen molar-refractivity contribution < 1.29 is 14.5 Å². The molecule has 0 bridgehead atoms. The van der Waals surface area contributed by atoms with Gasteiger partial charge in [0.15, 0.2) is 8.32 Å². The van der Waals surface area contributed by atoms with E-state index in [0.717, 1.165) is 0 Å². The first-order valence-corrected chi connectivity index (χ1v) is 9.85. The highest BCUT2D eigenvalue weighted by molar-refractivity contribution is 6.74. The van der Waals surface area contributed by atoms with Gasteiger partial charge in [-0.2, -0.15) is 0 Å². The molecule has 1 N–H and O–H groups in total. The average molecular weight is 315 g/mol. The SMILES string of the molecule is Cc1cn(CC(O)CO[Si](C)(C)C(C)(C)C)c([N+](=O)[O-])n1. The minimum Gasteiger partial charge on any atom is -0.414 e. The lowest BCUT2D eigenvalue weighted by atomic mass is 10.2. The molecular weight excluding hydrogens is 290 g/mol. The Labute approximate surface area is 126 Å². The first kappa shape index (κ1) is 17.8. The Balaban J connectivity index is 2.67. The van der Waals surface area contributed by atoms with Crippen molar-refractivity contribution in [2.24, 2.45) is 0 Å². The monoisotopic (exact) mass is 315 g/mol. The van der Waals surface area contributed by atoms with E-state index in [2.05, 4.69) is 38.8 Å². The molecule has 0 saturated carbocycles. The van der Waals surface area contributed by atoms with Gasteiger partial charge in [0.05, 0.1) is 13.2 Å². The van der Waals surface area contributed by atoms with E-state index in [-0.39, 0.29) is 24.1 Å². The molecule has 1 aromatic heterocycles. The number of nitrogens with zero attached hydrogens (tertiary/aromatic N) is 3. The summed E-state index contributed by atoms with van der Waals surface area (Å²) in [5.41, 5.74) is 0.555. The van der Waals surface area contributed by atoms with Crippen LogP contribution >= 0.6 is 0 Å². The number of rotatable bonds is 6. The smallest absolute Gasteiger partial charge is 0.414 e. The van der Waals surface area contributed by atoms with Crippen LogP contribution in [-0.4, -0.2) is 40.6 Å². The Kier molecular flexibility index (Phi) is 5.29. The molecule has 21 heavy (non-hydrogen) atoms. The largest absolute Gasteiger partial charge is 0.434 e. The topological polar surface area (TPSA) is 90.4 Å². The summed E-state index contributed by atoms with van der Waals surface area (Å²) in [5, 5.41) is 21.0. The van der Waals surface area contributed by atoms with Crippen LogP contribution in [0.4, 0.5) is 5.95 Å². The van der Waals surface area contributed by atoms with Crippen LogP contribution in [0.25, 0.3) is 0 Å². The Morgan fingerprint density at radius 2 is 2.10 bits per heavy atom. The Morgan fingerprint density at radius 1 is 1.52 bits per heavy atom. The van der Waals surface area contributed by atoms with Gasteiger partial charge in [-0.3, -0.25) is 0 Å². The zero-order valence-electron chi connectivity index (χ0n) is 13.6. The zero-order valence-corrected chi connectivity index (χ0v) is 14.6. The van der Waals surface area contributed by atoms with Crippen molar-refractivity contribution in [3.8, 4) is 0 Å². The maximum absolute atomic E-state index is 10.9. The summed E-state index contributed by atoms with van der Waals surface area (Å²) in [6.45, 7) is 12.5. The van der Waals surface area contributed by atoms with Crippen molar-refractivity contribution in [2.75, 3.05) is 6.61 Å². The summed E-state index contributed by atoms with van der Waals surface area (Å²) >= 11 is 0. The summed E-state index contributed by atoms with van der Waals surface area (Å²) in [6.07, 6.45) is 0.764. The van der Waals surface area contributed by atoms with E-state index < -0.39 is 19.3 Å². The molecule has 8 heteroatoms. The van der Waals surface area contributed by atoms with Gasteiger partial charge in [-0.1, -0.05) is 25.8 Å². The molecule has 0 aliphatic heterocycles. The maximum Gasteiger partial charge on any atom is 0.434 e. The molecule has 1 unspecified atom stereocenters. The van der Waals surface area contributed by atoms with Crippen molar-refractivity contribution in [1.29, 1.82) is 0 Å². The normalized spacial score (nSPS) is 14.2. The van der Waals surface area contributed by atoms with Crippen molar-refractivity contribution in [3.63, 3.8) is 0 Å². The van der Waals surface area contributed by atoms with Gasteiger partial charge in [-0.05, 0) is 30.0 Å². The van der Waals surface area contributed by atoms with Crippen LogP contribution in [0.15, 0.2) is 6.20 Å². The number of aromatic nitrogens is 2. The van der Waals surface area contributed by atoms with Crippen LogP contribution < -0.4 is 0 Å². The van der Waals surface area contributed by atoms with Gasteiger partial charge in [0.1, 0.15) is 18.0 Å². The lowest BCUT2D eigenvalue weighted by Crippen LogP contribution is -2.43. The number of hydrogen-bond acceptors (Lipinski definition) is 5. The van der Waals surface area contributed by atoms with E-state index >= 15 is 0 Å². The fourth-order valence-electron chi connectivity index (χ4n) is 1.61. The molecule has 7 nitrogen and oxygen atoms in total. The third kappa shape index (κ3) is 4.62. The number of nitro groups is 1. The molecule has 0 aromatic carbocycles. The Hall–Kier alpha value is -1.25. The van der Waals surface area contributed by atoms with Crippen LogP contribution in [0, 0.1) is 17.0 Å². The van der Waals surface area contributed by atoms with Gasteiger partial charge in [0, 0.05) is 0 Å². The highest BCUT2D eigenvalue weighted by Crippen LogP contribution is 2.36. The van der Waals surface area contributed by atoms with Crippen LogP contribution in [0.2, 0.25) is 18.1 Å². The third-order valence-electron chi connectivity index (χ3n) is 3.89. The lowest BCUT2D eigenvalue weighted by molar-refractivity contribution is -0.397. The van der Waals surface area contributed by atoms with Gasteiger partial charge < -0.3 is 19.6 Å². The minimum atomic E-state index is -1.93. The average Bonchev–Trinajstić information content (AvgIpc) is 2.66. The molecule has 0 amide bonds. The molecule has 0 aliphatic carbocycles. The lowest BCUT2D eigenvalue weighted by Gasteiger charge is -2.36. The molecular formula is C13H25N3O4Si. The Bertz CT molecular complexity index is 508. The molecule has 120 valence electrons. The zero-order chi connectivity index (χ0) is 16.4. The molecule has 1 atom stereocenters. The number of aliphatic hydroxyl groups excluding tert-OH is 1. The van der Waals surface area contributed by atoms with Gasteiger partial charge in [0.25, 0.3) is 0 Å². The molecule has 1 aromatic rings. The maximum atomic E-state index is 10.9. The number of aliphatic hydroxyl groups is 1. The first-order valence-electron chi connectivity index (χ1n) is 6.94. The number of aryl methyl sites for hydroxylation is 1. The molecule has 0 radical (unpaired) electrons. The molecule has 0 saturated heterocycles. The minimum absolute atomic E-state index is 0.0598. The highest BCUT2D eigenvalue weighted by atomic mass is 28.4. The fourth-order valence-corrected chi connectivity index (χ4v) is 2.66. The van der Waals surface area contributed by atoms with E-state index in [1.54, 1.807) is 13.1 Å². The molecule has 1 heterocycles. The summed E-state index contributed by atoms with van der Waals surface area (Å²) in [6, 6.07) is 0. The standard InChI is InChI=1S/C13H25N3O4Si/c1-10-7-15(12(14-10)16(18)19)8-11(17)9-20-21(5,6)13(2,3)4/h7,11,17H,8-9H2,1-6H3. The van der Waals surface area contributed by atoms with Crippen molar-refractivity contribution in [1.82, 2.24) is 9.55 Å². The van der Waals surface area contributed by atoms with E-state index in [1.807, 2.05) is 0 Å². The predicted molar refractivity (Wildman–Crippen MR) is 82.8 cm³/mol. The quantitative estimate of drug-likeness (QED) is 0.495. The van der Waals surface area contributed by atoms with E-state index in [0.29, 0.717) is 5.69 Å². The van der Waals surface area contributed by atoms with Crippen molar-refractivity contribution >= 4 is 14.3 Å². The van der Waals surface area contributed by atoms with Crippen LogP contribution in [-0.2, 0) is 11.0 Å². The summed E-state index contributed by atoms with van der Waals surface area (Å²) in [5.74, 6) is -0.251. The van der Waals surface area contributed by atoms with Gasteiger partial charge in [0.2, 0.25) is 0 Å². The summed E-state index contributed by atoms with van der Waals surface area (Å²) in [4.78, 5) is 14.2. The van der Waals surface area contributed by atoms with E-state index in [1.165, 1.54) is 4.57 Å². The van der Waals surface area contributed by atoms with Gasteiger partial charge in [-0.15, -0.1) is 0 Å². The number of imidazole rings is 1. The van der Waals surface area contributed by atoms with Crippen LogP contribution in [0.5, 0.6) is 0 Å².